The third kappa shape index (κ3) is 2.10. The van der Waals surface area contributed by atoms with E-state index in [0.717, 1.165) is 23.4 Å². The number of nitrogens with zero attached hydrogens (tertiary/aromatic N) is 1. The second-order valence-corrected chi connectivity index (χ2v) is 4.85. The van der Waals surface area contributed by atoms with E-state index in [1.54, 1.807) is 7.11 Å². The van der Waals surface area contributed by atoms with Gasteiger partial charge in [-0.2, -0.15) is 0 Å². The van der Waals surface area contributed by atoms with Crippen LogP contribution in [0.2, 0.25) is 0 Å². The van der Waals surface area contributed by atoms with Crippen LogP contribution in [0.4, 0.5) is 0 Å². The van der Waals surface area contributed by atoms with Crippen molar-refractivity contribution in [1.29, 1.82) is 0 Å². The molecule has 3 nitrogen and oxygen atoms in total. The highest BCUT2D eigenvalue weighted by molar-refractivity contribution is 5.67. The van der Waals surface area contributed by atoms with Gasteiger partial charge in [-0.05, 0) is 49.2 Å². The van der Waals surface area contributed by atoms with Crippen LogP contribution in [0.25, 0.3) is 11.3 Å². The fourth-order valence-corrected chi connectivity index (χ4v) is 2.84. The van der Waals surface area contributed by atoms with E-state index >= 15 is 0 Å². The number of fused-ring (bicyclic) bond motifs is 1. The molecule has 1 aromatic heterocycles. The maximum Gasteiger partial charge on any atom is 0.145 e. The molecule has 0 radical (unpaired) electrons. The van der Waals surface area contributed by atoms with E-state index in [9.17, 15) is 0 Å². The predicted octanol–water partition coefficient (Wildman–Crippen LogP) is 2.96. The van der Waals surface area contributed by atoms with E-state index in [1.807, 2.05) is 25.4 Å². The second kappa shape index (κ2) is 5.02. The molecule has 1 unspecified atom stereocenters. The number of ether oxygens (including phenoxy) is 1. The number of hydrogen-bond acceptors (Lipinski definition) is 3. The van der Waals surface area contributed by atoms with Crippen LogP contribution < -0.4 is 10.1 Å². The van der Waals surface area contributed by atoms with Crippen molar-refractivity contribution in [1.82, 2.24) is 10.3 Å². The molecule has 1 heterocycles. The summed E-state index contributed by atoms with van der Waals surface area (Å²) >= 11 is 0. The van der Waals surface area contributed by atoms with Crippen molar-refractivity contribution < 1.29 is 4.74 Å². The first-order valence-electron chi connectivity index (χ1n) is 6.63. The Morgan fingerprint density at radius 2 is 2.21 bits per heavy atom. The summed E-state index contributed by atoms with van der Waals surface area (Å²) < 4.78 is 5.39. The number of aromatic nitrogens is 1. The number of aryl methyl sites for hydroxylation is 1. The SMILES string of the molecule is CNC1CCc2cc(-c3ncccc3OC)ccc21. The second-order valence-electron chi connectivity index (χ2n) is 4.85. The first-order chi connectivity index (χ1) is 9.33. The quantitative estimate of drug-likeness (QED) is 0.914. The summed E-state index contributed by atoms with van der Waals surface area (Å²) in [5, 5.41) is 3.36. The number of nitrogens with one attached hydrogen (secondary N) is 1. The topological polar surface area (TPSA) is 34.2 Å². The van der Waals surface area contributed by atoms with E-state index < -0.39 is 0 Å². The fourth-order valence-electron chi connectivity index (χ4n) is 2.84. The average Bonchev–Trinajstić information content (AvgIpc) is 2.89. The van der Waals surface area contributed by atoms with Crippen molar-refractivity contribution in [3.05, 3.63) is 47.7 Å². The van der Waals surface area contributed by atoms with Crippen molar-refractivity contribution in [2.24, 2.45) is 0 Å². The van der Waals surface area contributed by atoms with Gasteiger partial charge >= 0.3 is 0 Å². The van der Waals surface area contributed by atoms with Crippen LogP contribution in [0.1, 0.15) is 23.6 Å². The molecule has 0 amide bonds. The maximum absolute atomic E-state index is 5.39. The van der Waals surface area contributed by atoms with E-state index in [-0.39, 0.29) is 0 Å². The molecule has 0 spiro atoms. The molecular weight excluding hydrogens is 236 g/mol. The molecule has 0 saturated heterocycles. The minimum atomic E-state index is 0.495. The van der Waals surface area contributed by atoms with E-state index in [0.29, 0.717) is 6.04 Å². The Bertz CT molecular complexity index is 595. The molecule has 1 aromatic carbocycles. The first kappa shape index (κ1) is 12.2. The van der Waals surface area contributed by atoms with Gasteiger partial charge in [0.2, 0.25) is 0 Å². The Morgan fingerprint density at radius 3 is 3.00 bits per heavy atom. The van der Waals surface area contributed by atoms with Crippen molar-refractivity contribution >= 4 is 0 Å². The van der Waals surface area contributed by atoms with Gasteiger partial charge in [0, 0.05) is 17.8 Å². The highest BCUT2D eigenvalue weighted by atomic mass is 16.5. The zero-order valence-corrected chi connectivity index (χ0v) is 11.3. The van der Waals surface area contributed by atoms with Crippen LogP contribution in [0.15, 0.2) is 36.5 Å². The van der Waals surface area contributed by atoms with Crippen LogP contribution >= 0.6 is 0 Å². The summed E-state index contributed by atoms with van der Waals surface area (Å²) in [6, 6.07) is 10.9. The third-order valence-electron chi connectivity index (χ3n) is 3.83. The lowest BCUT2D eigenvalue weighted by Gasteiger charge is -2.11. The summed E-state index contributed by atoms with van der Waals surface area (Å²) in [6.45, 7) is 0. The van der Waals surface area contributed by atoms with Gasteiger partial charge in [-0.15, -0.1) is 0 Å². The van der Waals surface area contributed by atoms with Crippen molar-refractivity contribution in [2.45, 2.75) is 18.9 Å². The Labute approximate surface area is 113 Å². The molecule has 1 aliphatic rings. The molecule has 0 saturated carbocycles. The molecule has 2 aromatic rings. The number of methoxy groups -OCH3 is 1. The number of rotatable bonds is 3. The lowest BCUT2D eigenvalue weighted by molar-refractivity contribution is 0.415. The summed E-state index contributed by atoms with van der Waals surface area (Å²) in [7, 11) is 3.71. The highest BCUT2D eigenvalue weighted by Gasteiger charge is 2.21. The molecule has 1 N–H and O–H groups in total. The Balaban J connectivity index is 2.04. The number of pyridine rings is 1. The van der Waals surface area contributed by atoms with Crippen molar-refractivity contribution in [3.8, 4) is 17.0 Å². The Hall–Kier alpha value is -1.87. The standard InChI is InChI=1S/C16H18N2O/c1-17-14-8-6-11-10-12(5-7-13(11)14)16-15(19-2)4-3-9-18-16/h3-5,7,9-10,14,17H,6,8H2,1-2H3. The molecule has 3 rings (SSSR count). The molecule has 0 aliphatic heterocycles. The largest absolute Gasteiger partial charge is 0.494 e. The lowest BCUT2D eigenvalue weighted by atomic mass is 10.0. The number of hydrogen-bond donors (Lipinski definition) is 1. The van der Waals surface area contributed by atoms with Crippen LogP contribution in [0, 0.1) is 0 Å². The molecule has 19 heavy (non-hydrogen) atoms. The Kier molecular flexibility index (Phi) is 3.22. The summed E-state index contributed by atoms with van der Waals surface area (Å²) in [6.07, 6.45) is 4.11. The summed E-state index contributed by atoms with van der Waals surface area (Å²) in [5.74, 6) is 0.825. The van der Waals surface area contributed by atoms with Gasteiger partial charge in [0.1, 0.15) is 11.4 Å². The van der Waals surface area contributed by atoms with Gasteiger partial charge in [0.25, 0.3) is 0 Å². The number of benzene rings is 1. The van der Waals surface area contributed by atoms with E-state index in [4.69, 9.17) is 4.74 Å². The van der Waals surface area contributed by atoms with Gasteiger partial charge in [0.05, 0.1) is 7.11 Å². The summed E-state index contributed by atoms with van der Waals surface area (Å²) in [5.41, 5.74) is 4.89. The van der Waals surface area contributed by atoms with Gasteiger partial charge in [-0.3, -0.25) is 4.98 Å². The van der Waals surface area contributed by atoms with Gasteiger partial charge < -0.3 is 10.1 Å². The molecule has 0 fully saturated rings. The minimum absolute atomic E-state index is 0.495. The van der Waals surface area contributed by atoms with Crippen molar-refractivity contribution in [2.75, 3.05) is 14.2 Å². The molecular formula is C16H18N2O. The zero-order valence-electron chi connectivity index (χ0n) is 11.3. The average molecular weight is 254 g/mol. The van der Waals surface area contributed by atoms with Gasteiger partial charge in [-0.1, -0.05) is 12.1 Å². The maximum atomic E-state index is 5.39. The van der Waals surface area contributed by atoms with Crippen LogP contribution in [0.3, 0.4) is 0 Å². The summed E-state index contributed by atoms with van der Waals surface area (Å²) in [4.78, 5) is 4.44. The van der Waals surface area contributed by atoms with E-state index in [1.165, 1.54) is 17.5 Å². The zero-order chi connectivity index (χ0) is 13.2. The Morgan fingerprint density at radius 1 is 1.32 bits per heavy atom. The lowest BCUT2D eigenvalue weighted by Crippen LogP contribution is -2.12. The van der Waals surface area contributed by atoms with Crippen molar-refractivity contribution in [3.63, 3.8) is 0 Å². The normalized spacial score (nSPS) is 17.3. The van der Waals surface area contributed by atoms with Gasteiger partial charge in [-0.25, -0.2) is 0 Å². The monoisotopic (exact) mass is 254 g/mol. The predicted molar refractivity (Wildman–Crippen MR) is 76.3 cm³/mol. The van der Waals surface area contributed by atoms with Crippen LogP contribution in [-0.2, 0) is 6.42 Å². The van der Waals surface area contributed by atoms with Gasteiger partial charge in [0.15, 0.2) is 0 Å². The molecule has 1 aliphatic carbocycles. The van der Waals surface area contributed by atoms with Crippen LogP contribution in [0.5, 0.6) is 5.75 Å². The van der Waals surface area contributed by atoms with E-state index in [2.05, 4.69) is 28.5 Å². The third-order valence-corrected chi connectivity index (χ3v) is 3.83. The highest BCUT2D eigenvalue weighted by Crippen LogP contribution is 2.35. The molecule has 1 atom stereocenters. The fraction of sp³-hybridized carbons (Fsp3) is 0.312. The minimum Gasteiger partial charge on any atom is -0.494 e. The molecule has 0 bridgehead atoms. The smallest absolute Gasteiger partial charge is 0.145 e. The molecule has 98 valence electrons. The first-order valence-corrected chi connectivity index (χ1v) is 6.63. The molecule has 3 heteroatoms. The van der Waals surface area contributed by atoms with Crippen LogP contribution in [-0.4, -0.2) is 19.1 Å².